The minimum atomic E-state index is 0.196. The largest absolute Gasteiger partial charge is 0.323 e. The van der Waals surface area contributed by atoms with E-state index in [2.05, 4.69) is 23.2 Å². The number of rotatable bonds is 0. The average Bonchev–Trinajstić information content (AvgIpc) is 2.59. The molecule has 2 atom stereocenters. The molecule has 1 aromatic rings. The summed E-state index contributed by atoms with van der Waals surface area (Å²) in [7, 11) is 0. The molecule has 2 heteroatoms. The van der Waals surface area contributed by atoms with E-state index in [0.29, 0.717) is 5.92 Å². The molecule has 0 radical (unpaired) electrons. The highest BCUT2D eigenvalue weighted by Gasteiger charge is 2.33. The molecule has 1 aliphatic carbocycles. The summed E-state index contributed by atoms with van der Waals surface area (Å²) in [5.41, 5.74) is 9.82. The third kappa shape index (κ3) is 1.04. The first-order valence-corrected chi connectivity index (χ1v) is 5.29. The lowest BCUT2D eigenvalue weighted by atomic mass is 9.81. The Morgan fingerprint density at radius 1 is 1.21 bits per heavy atom. The highest BCUT2D eigenvalue weighted by atomic mass is 14.9. The minimum Gasteiger partial charge on any atom is -0.323 e. The molecular formula is C12H14N2. The van der Waals surface area contributed by atoms with Crippen LogP contribution in [0.4, 0.5) is 5.69 Å². The van der Waals surface area contributed by atoms with Crippen LogP contribution in [0.2, 0.25) is 0 Å². The van der Waals surface area contributed by atoms with Crippen LogP contribution in [-0.4, -0.2) is 11.8 Å². The Morgan fingerprint density at radius 3 is 3.00 bits per heavy atom. The molecule has 0 saturated heterocycles. The molecule has 2 unspecified atom stereocenters. The second kappa shape index (κ2) is 2.92. The highest BCUT2D eigenvalue weighted by molar-refractivity contribution is 6.02. The van der Waals surface area contributed by atoms with E-state index in [9.17, 15) is 0 Å². The van der Waals surface area contributed by atoms with Crippen molar-refractivity contribution in [3.63, 3.8) is 0 Å². The molecule has 1 aliphatic heterocycles. The number of hydrogen-bond acceptors (Lipinski definition) is 2. The van der Waals surface area contributed by atoms with Gasteiger partial charge in [0, 0.05) is 17.7 Å². The van der Waals surface area contributed by atoms with E-state index in [1.54, 1.807) is 0 Å². The summed E-state index contributed by atoms with van der Waals surface area (Å²) in [5, 5.41) is 0. The van der Waals surface area contributed by atoms with Crippen LogP contribution < -0.4 is 5.73 Å². The lowest BCUT2D eigenvalue weighted by molar-refractivity contribution is 0.573. The lowest BCUT2D eigenvalue weighted by Crippen LogP contribution is -2.36. The van der Waals surface area contributed by atoms with E-state index < -0.39 is 0 Å². The predicted molar refractivity (Wildman–Crippen MR) is 58.1 cm³/mol. The lowest BCUT2D eigenvalue weighted by Gasteiger charge is -2.25. The van der Waals surface area contributed by atoms with Gasteiger partial charge in [-0.15, -0.1) is 0 Å². The van der Waals surface area contributed by atoms with Crippen molar-refractivity contribution in [2.75, 3.05) is 0 Å². The van der Waals surface area contributed by atoms with Crippen molar-refractivity contribution in [3.8, 4) is 0 Å². The molecule has 1 saturated carbocycles. The van der Waals surface area contributed by atoms with E-state index in [1.165, 1.54) is 24.1 Å². The van der Waals surface area contributed by atoms with Crippen LogP contribution in [-0.2, 0) is 0 Å². The molecule has 2 nitrogen and oxygen atoms in total. The van der Waals surface area contributed by atoms with Crippen LogP contribution in [0.3, 0.4) is 0 Å². The standard InChI is InChI=1S/C12H14N2/c13-10-6-3-5-9-8-4-1-2-7-11(8)14-12(9)10/h1-2,4,7,9-10H,3,5-6,13H2. The van der Waals surface area contributed by atoms with Crippen LogP contribution in [0.1, 0.15) is 30.7 Å². The van der Waals surface area contributed by atoms with Gasteiger partial charge >= 0.3 is 0 Å². The van der Waals surface area contributed by atoms with Crippen LogP contribution in [0.25, 0.3) is 0 Å². The third-order valence-corrected chi connectivity index (χ3v) is 3.31. The van der Waals surface area contributed by atoms with Crippen molar-refractivity contribution in [2.45, 2.75) is 31.2 Å². The molecule has 2 N–H and O–H groups in total. The van der Waals surface area contributed by atoms with Crippen molar-refractivity contribution in [3.05, 3.63) is 29.8 Å². The van der Waals surface area contributed by atoms with Crippen LogP contribution in [0.5, 0.6) is 0 Å². The minimum absolute atomic E-state index is 0.196. The SMILES string of the molecule is NC1CCCC2C1=Nc1ccccc12. The van der Waals surface area contributed by atoms with Gasteiger partial charge in [0.15, 0.2) is 0 Å². The Kier molecular flexibility index (Phi) is 1.71. The quantitative estimate of drug-likeness (QED) is 0.663. The van der Waals surface area contributed by atoms with Gasteiger partial charge in [-0.25, -0.2) is 0 Å². The topological polar surface area (TPSA) is 38.4 Å². The maximum atomic E-state index is 6.07. The van der Waals surface area contributed by atoms with Gasteiger partial charge in [-0.05, 0) is 24.5 Å². The fraction of sp³-hybridized carbons (Fsp3) is 0.417. The molecule has 3 rings (SSSR count). The van der Waals surface area contributed by atoms with Gasteiger partial charge in [0.05, 0.1) is 5.69 Å². The van der Waals surface area contributed by atoms with Crippen molar-refractivity contribution in [1.82, 2.24) is 0 Å². The molecule has 0 spiro atoms. The van der Waals surface area contributed by atoms with Gasteiger partial charge in [-0.3, -0.25) is 4.99 Å². The Labute approximate surface area is 83.8 Å². The van der Waals surface area contributed by atoms with Gasteiger partial charge < -0.3 is 5.73 Å². The summed E-state index contributed by atoms with van der Waals surface area (Å²) in [6.07, 6.45) is 3.56. The fourth-order valence-electron chi connectivity index (χ4n) is 2.59. The van der Waals surface area contributed by atoms with Crippen molar-refractivity contribution in [2.24, 2.45) is 10.7 Å². The normalized spacial score (nSPS) is 29.4. The number of nitrogens with zero attached hydrogens (tertiary/aromatic N) is 1. The zero-order chi connectivity index (χ0) is 9.54. The molecule has 72 valence electrons. The maximum Gasteiger partial charge on any atom is 0.0668 e. The molecule has 1 heterocycles. The molecule has 2 aliphatic rings. The van der Waals surface area contributed by atoms with Gasteiger partial charge in [-0.1, -0.05) is 24.6 Å². The average molecular weight is 186 g/mol. The van der Waals surface area contributed by atoms with Crippen molar-refractivity contribution < 1.29 is 0 Å². The van der Waals surface area contributed by atoms with E-state index in [-0.39, 0.29) is 6.04 Å². The van der Waals surface area contributed by atoms with Gasteiger partial charge in [0.2, 0.25) is 0 Å². The number of para-hydroxylation sites is 1. The van der Waals surface area contributed by atoms with Crippen LogP contribution in [0.15, 0.2) is 29.3 Å². The molecule has 0 amide bonds. The summed E-state index contributed by atoms with van der Waals surface area (Å²) in [4.78, 5) is 4.65. The second-order valence-electron chi connectivity index (χ2n) is 4.19. The molecule has 0 bridgehead atoms. The van der Waals surface area contributed by atoms with Gasteiger partial charge in [0.25, 0.3) is 0 Å². The van der Waals surface area contributed by atoms with E-state index in [0.717, 1.165) is 12.1 Å². The number of benzene rings is 1. The molecule has 1 aromatic carbocycles. The van der Waals surface area contributed by atoms with Gasteiger partial charge in [0.1, 0.15) is 0 Å². The van der Waals surface area contributed by atoms with Crippen molar-refractivity contribution in [1.29, 1.82) is 0 Å². The van der Waals surface area contributed by atoms with Crippen molar-refractivity contribution >= 4 is 11.4 Å². The number of fused-ring (bicyclic) bond motifs is 3. The maximum absolute atomic E-state index is 6.07. The monoisotopic (exact) mass is 186 g/mol. The summed E-state index contributed by atoms with van der Waals surface area (Å²) in [6.45, 7) is 0. The zero-order valence-electron chi connectivity index (χ0n) is 8.11. The number of nitrogens with two attached hydrogens (primary N) is 1. The van der Waals surface area contributed by atoms with E-state index in [1.807, 2.05) is 6.07 Å². The fourth-order valence-corrected chi connectivity index (χ4v) is 2.59. The summed E-state index contributed by atoms with van der Waals surface area (Å²) >= 11 is 0. The Hall–Kier alpha value is -1.15. The van der Waals surface area contributed by atoms with Crippen LogP contribution in [0, 0.1) is 0 Å². The Balaban J connectivity index is 2.09. The molecule has 1 fully saturated rings. The van der Waals surface area contributed by atoms with Gasteiger partial charge in [-0.2, -0.15) is 0 Å². The van der Waals surface area contributed by atoms with Crippen LogP contribution >= 0.6 is 0 Å². The highest BCUT2D eigenvalue weighted by Crippen LogP contribution is 2.41. The molecule has 14 heavy (non-hydrogen) atoms. The number of hydrogen-bond donors (Lipinski definition) is 1. The predicted octanol–water partition coefficient (Wildman–Crippen LogP) is 2.37. The summed E-state index contributed by atoms with van der Waals surface area (Å²) in [6, 6.07) is 8.62. The molecular weight excluding hydrogens is 172 g/mol. The molecule has 0 aromatic heterocycles. The third-order valence-electron chi connectivity index (χ3n) is 3.31. The number of aliphatic imine (C=N–C) groups is 1. The Morgan fingerprint density at radius 2 is 2.07 bits per heavy atom. The van der Waals surface area contributed by atoms with E-state index in [4.69, 9.17) is 5.73 Å². The first-order chi connectivity index (χ1) is 6.86. The summed E-state index contributed by atoms with van der Waals surface area (Å²) in [5.74, 6) is 0.523. The smallest absolute Gasteiger partial charge is 0.0668 e. The first kappa shape index (κ1) is 8.18. The zero-order valence-corrected chi connectivity index (χ0v) is 8.11. The second-order valence-corrected chi connectivity index (χ2v) is 4.19. The Bertz CT molecular complexity index is 395. The summed E-state index contributed by atoms with van der Waals surface area (Å²) < 4.78 is 0. The van der Waals surface area contributed by atoms with E-state index >= 15 is 0 Å². The first-order valence-electron chi connectivity index (χ1n) is 5.29.